The summed E-state index contributed by atoms with van der Waals surface area (Å²) >= 11 is 0. The van der Waals surface area contributed by atoms with E-state index in [1.54, 1.807) is 0 Å². The van der Waals surface area contributed by atoms with Gasteiger partial charge in [0, 0.05) is 30.3 Å². The van der Waals surface area contributed by atoms with Gasteiger partial charge in [0.2, 0.25) is 0 Å². The van der Waals surface area contributed by atoms with Crippen molar-refractivity contribution in [2.75, 3.05) is 32.1 Å². The second-order valence-electron chi connectivity index (χ2n) is 6.03. The zero-order chi connectivity index (χ0) is 21.0. The van der Waals surface area contributed by atoms with Gasteiger partial charge in [-0.2, -0.15) is 0 Å². The Bertz CT molecular complexity index is 584. The van der Waals surface area contributed by atoms with Crippen molar-refractivity contribution in [3.63, 3.8) is 0 Å². The van der Waals surface area contributed by atoms with Gasteiger partial charge in [-0.3, -0.25) is 9.11 Å². The molecule has 158 valence electrons. The second-order valence-corrected chi connectivity index (χ2v) is 7.77. The Balaban J connectivity index is 0.000000434. The summed E-state index contributed by atoms with van der Waals surface area (Å²) in [5.41, 5.74) is 1.39. The van der Waals surface area contributed by atoms with E-state index < -0.39 is 10.8 Å². The molecule has 1 heterocycles. The molecular formula is C24H39NO2S. The van der Waals surface area contributed by atoms with Crippen LogP contribution in [0, 0.1) is 0 Å². The molecule has 3 nitrogen and oxygen atoms in total. The van der Waals surface area contributed by atoms with Crippen LogP contribution >= 0.6 is 0 Å². The monoisotopic (exact) mass is 405 g/mol. The highest BCUT2D eigenvalue weighted by Crippen LogP contribution is 2.06. The van der Waals surface area contributed by atoms with Gasteiger partial charge in [0.05, 0.1) is 24.0 Å². The molecule has 0 radical (unpaired) electrons. The third-order valence-corrected chi connectivity index (χ3v) is 4.94. The van der Waals surface area contributed by atoms with Crippen molar-refractivity contribution in [2.45, 2.75) is 52.5 Å². The minimum absolute atomic E-state index is 0.698. The van der Waals surface area contributed by atoms with Crippen LogP contribution in [0.25, 0.3) is 0 Å². The fourth-order valence-corrected chi connectivity index (χ4v) is 3.13. The maximum Gasteiger partial charge on any atom is 0.0594 e. The van der Waals surface area contributed by atoms with Crippen LogP contribution < -0.4 is 0 Å². The molecule has 3 rings (SSSR count). The van der Waals surface area contributed by atoms with E-state index in [1.165, 1.54) is 12.0 Å². The number of ether oxygens (including phenoxy) is 1. The Labute approximate surface area is 175 Å². The third kappa shape index (κ3) is 12.8. The molecule has 1 saturated heterocycles. The van der Waals surface area contributed by atoms with Crippen LogP contribution in [0.1, 0.15) is 46.6 Å². The number of hydrogen-bond acceptors (Lipinski definition) is 3. The minimum atomic E-state index is -0.790. The van der Waals surface area contributed by atoms with Gasteiger partial charge in [-0.15, -0.1) is 0 Å². The molecule has 1 fully saturated rings. The first-order chi connectivity index (χ1) is 13.7. The summed E-state index contributed by atoms with van der Waals surface area (Å²) < 4.78 is 16.4. The van der Waals surface area contributed by atoms with Gasteiger partial charge in [-0.25, -0.2) is 0 Å². The molecule has 0 saturated carbocycles. The topological polar surface area (TPSA) is 29.5 Å². The highest BCUT2D eigenvalue weighted by molar-refractivity contribution is 7.85. The Morgan fingerprint density at radius 3 is 1.79 bits per heavy atom. The van der Waals surface area contributed by atoms with Gasteiger partial charge in [0.15, 0.2) is 0 Å². The van der Waals surface area contributed by atoms with Crippen LogP contribution in [0.4, 0.5) is 0 Å². The van der Waals surface area contributed by atoms with Crippen molar-refractivity contribution in [3.05, 3.63) is 66.2 Å². The van der Waals surface area contributed by atoms with Crippen molar-refractivity contribution in [2.24, 2.45) is 0 Å². The van der Waals surface area contributed by atoms with Crippen LogP contribution in [0.3, 0.4) is 0 Å². The van der Waals surface area contributed by atoms with Gasteiger partial charge in [0.1, 0.15) is 0 Å². The summed E-state index contributed by atoms with van der Waals surface area (Å²) in [5.74, 6) is 0.698. The van der Waals surface area contributed by atoms with Crippen LogP contribution in [0.5, 0.6) is 0 Å². The lowest BCUT2D eigenvalue weighted by Gasteiger charge is -2.26. The molecule has 0 aliphatic carbocycles. The quantitative estimate of drug-likeness (QED) is 0.646. The molecular weight excluding hydrogens is 366 g/mol. The largest absolute Gasteiger partial charge is 0.379 e. The van der Waals surface area contributed by atoms with Gasteiger partial charge in [-0.05, 0) is 17.7 Å². The number of morpholine rings is 1. The number of rotatable bonds is 4. The number of benzene rings is 2. The molecule has 28 heavy (non-hydrogen) atoms. The fraction of sp³-hybridized carbons (Fsp3) is 0.500. The highest BCUT2D eigenvalue weighted by atomic mass is 32.2. The number of nitrogens with zero attached hydrogens (tertiary/aromatic N) is 1. The summed E-state index contributed by atoms with van der Waals surface area (Å²) in [6.07, 6.45) is 1.25. The van der Waals surface area contributed by atoms with Crippen molar-refractivity contribution >= 4 is 10.8 Å². The molecule has 1 aliphatic heterocycles. The average molecular weight is 406 g/mol. The van der Waals surface area contributed by atoms with Crippen LogP contribution in [-0.4, -0.2) is 41.2 Å². The Hall–Kier alpha value is -1.49. The molecule has 0 amide bonds. The lowest BCUT2D eigenvalue weighted by Crippen LogP contribution is -2.35. The van der Waals surface area contributed by atoms with E-state index in [1.807, 2.05) is 51.1 Å². The lowest BCUT2D eigenvalue weighted by atomic mass is 10.2. The summed E-state index contributed by atoms with van der Waals surface area (Å²) in [6, 6.07) is 20.1. The van der Waals surface area contributed by atoms with Gasteiger partial charge < -0.3 is 4.74 Å². The maximum absolute atomic E-state index is 11.1. The SMILES string of the molecule is CC.CCC.CCS(=O)c1ccccc1.c1ccc(CN2CCOCC2)cc1. The Morgan fingerprint density at radius 1 is 0.857 bits per heavy atom. The first kappa shape index (κ1) is 26.5. The van der Waals surface area contributed by atoms with Crippen molar-refractivity contribution < 1.29 is 8.95 Å². The van der Waals surface area contributed by atoms with Crippen LogP contribution in [0.2, 0.25) is 0 Å². The lowest BCUT2D eigenvalue weighted by molar-refractivity contribution is 0.0342. The summed E-state index contributed by atoms with van der Waals surface area (Å²) in [5, 5.41) is 0. The molecule has 0 N–H and O–H groups in total. The van der Waals surface area contributed by atoms with Gasteiger partial charge in [0.25, 0.3) is 0 Å². The summed E-state index contributed by atoms with van der Waals surface area (Å²) in [4.78, 5) is 3.35. The molecule has 1 atom stereocenters. The average Bonchev–Trinajstić information content (AvgIpc) is 2.78. The summed E-state index contributed by atoms with van der Waals surface area (Å²) in [7, 11) is -0.790. The first-order valence-corrected chi connectivity index (χ1v) is 11.8. The molecule has 1 aliphatic rings. The minimum Gasteiger partial charge on any atom is -0.379 e. The van der Waals surface area contributed by atoms with Crippen LogP contribution in [-0.2, 0) is 22.1 Å². The van der Waals surface area contributed by atoms with Crippen molar-refractivity contribution in [1.29, 1.82) is 0 Å². The third-order valence-electron chi connectivity index (χ3n) is 3.62. The Morgan fingerprint density at radius 2 is 1.32 bits per heavy atom. The zero-order valence-corrected chi connectivity index (χ0v) is 19.2. The van der Waals surface area contributed by atoms with Gasteiger partial charge in [-0.1, -0.05) is 89.6 Å². The summed E-state index contributed by atoms with van der Waals surface area (Å²) in [6.45, 7) is 15.1. The highest BCUT2D eigenvalue weighted by Gasteiger charge is 2.09. The molecule has 4 heteroatoms. The van der Waals surface area contributed by atoms with E-state index >= 15 is 0 Å². The normalized spacial score (nSPS) is 14.2. The Kier molecular flexibility index (Phi) is 17.9. The molecule has 2 aromatic carbocycles. The van der Waals surface area contributed by atoms with E-state index in [0.717, 1.165) is 37.7 Å². The number of hydrogen-bond donors (Lipinski definition) is 0. The predicted octanol–water partition coefficient (Wildman–Crippen LogP) is 5.78. The molecule has 2 aromatic rings. The zero-order valence-electron chi connectivity index (χ0n) is 18.4. The maximum atomic E-state index is 11.1. The smallest absolute Gasteiger partial charge is 0.0594 e. The predicted molar refractivity (Wildman–Crippen MR) is 123 cm³/mol. The van der Waals surface area contributed by atoms with E-state index in [0.29, 0.717) is 5.75 Å². The van der Waals surface area contributed by atoms with Crippen LogP contribution in [0.15, 0.2) is 65.6 Å². The van der Waals surface area contributed by atoms with E-state index in [2.05, 4.69) is 49.1 Å². The fourth-order valence-electron chi connectivity index (χ4n) is 2.34. The second kappa shape index (κ2) is 18.9. The van der Waals surface area contributed by atoms with Crippen molar-refractivity contribution in [3.8, 4) is 0 Å². The van der Waals surface area contributed by atoms with E-state index in [4.69, 9.17) is 4.74 Å². The molecule has 1 unspecified atom stereocenters. The van der Waals surface area contributed by atoms with Crippen molar-refractivity contribution in [1.82, 2.24) is 4.90 Å². The molecule has 0 bridgehead atoms. The van der Waals surface area contributed by atoms with E-state index in [9.17, 15) is 4.21 Å². The standard InChI is InChI=1S/C11H15NO.C8H10OS.C3H8.C2H6/c1-2-4-11(5-3-1)10-12-6-8-13-9-7-12;1-2-10(9)8-6-4-3-5-7-8;1-3-2;1-2/h1-5H,6-10H2;3-7H,2H2,1H3;3H2,1-2H3;1-2H3. The molecule has 0 spiro atoms. The van der Waals surface area contributed by atoms with Gasteiger partial charge >= 0.3 is 0 Å². The van der Waals surface area contributed by atoms with E-state index in [-0.39, 0.29) is 0 Å². The molecule has 0 aromatic heterocycles. The first-order valence-electron chi connectivity index (χ1n) is 10.5.